The molecule has 4 aliphatic rings. The number of carbonyl (C=O) groups excluding carboxylic acids is 2. The summed E-state index contributed by atoms with van der Waals surface area (Å²) >= 11 is 0. The van der Waals surface area contributed by atoms with E-state index in [2.05, 4.69) is 39.7 Å². The second-order valence-electron chi connectivity index (χ2n) is 16.6. The summed E-state index contributed by atoms with van der Waals surface area (Å²) in [4.78, 5) is 59.9. The van der Waals surface area contributed by atoms with E-state index in [1.165, 1.54) is 47.6 Å². The molecule has 22 heteroatoms. The maximum atomic E-state index is 15.2. The molecule has 0 bridgehead atoms. The monoisotopic (exact) mass is 926 g/mol. The second kappa shape index (κ2) is 18.7. The van der Waals surface area contributed by atoms with E-state index in [-0.39, 0.29) is 60.4 Å². The Morgan fingerprint density at radius 2 is 1.55 bits per heavy atom. The van der Waals surface area contributed by atoms with Gasteiger partial charge in [-0.15, -0.1) is 0 Å². The van der Waals surface area contributed by atoms with Crippen LogP contribution in [0, 0.1) is 23.0 Å². The number of nitriles is 1. The van der Waals surface area contributed by atoms with Crippen LogP contribution < -0.4 is 30.1 Å². The fraction of sp³-hybridized carbons (Fsp3) is 0.386. The van der Waals surface area contributed by atoms with Crippen molar-refractivity contribution in [3.05, 3.63) is 100 Å². The van der Waals surface area contributed by atoms with Gasteiger partial charge < -0.3 is 14.5 Å². The fourth-order valence-electron chi connectivity index (χ4n) is 8.71. The SMILES string of the molecule is N#Cc1c(NS(=O)(=O)N2CC[C@@H](F)C2)ccc(F)c1Oc1ccc2ncn(-c3cnc(N4CCN(CCN5CCN(c6ccc(C7CCC(=O)NC7=O)cc6F)CC5)CC4)nc3)c(=O)c2c1. The number of fused-ring (bicyclic) bond motifs is 1. The smallest absolute Gasteiger partial charge is 0.301 e. The molecule has 344 valence electrons. The van der Waals surface area contributed by atoms with Gasteiger partial charge in [0.2, 0.25) is 17.8 Å². The lowest BCUT2D eigenvalue weighted by Gasteiger charge is -2.39. The van der Waals surface area contributed by atoms with Crippen LogP contribution in [0.25, 0.3) is 16.6 Å². The lowest BCUT2D eigenvalue weighted by atomic mass is 9.90. The highest BCUT2D eigenvalue weighted by Crippen LogP contribution is 2.35. The van der Waals surface area contributed by atoms with Crippen molar-refractivity contribution in [1.82, 2.24) is 38.9 Å². The van der Waals surface area contributed by atoms with Gasteiger partial charge >= 0.3 is 10.2 Å². The topological polar surface area (TPSA) is 202 Å². The Kier molecular flexibility index (Phi) is 12.6. The first-order valence-corrected chi connectivity index (χ1v) is 23.0. The van der Waals surface area contributed by atoms with Gasteiger partial charge in [0.25, 0.3) is 5.56 Å². The van der Waals surface area contributed by atoms with Crippen molar-refractivity contribution in [3.8, 4) is 23.3 Å². The molecule has 4 fully saturated rings. The number of carbonyl (C=O) groups is 2. The number of benzene rings is 3. The number of piperidine rings is 1. The van der Waals surface area contributed by atoms with E-state index in [0.717, 1.165) is 55.7 Å². The molecule has 18 nitrogen and oxygen atoms in total. The lowest BCUT2D eigenvalue weighted by Crippen LogP contribution is -2.51. The molecule has 1 unspecified atom stereocenters. The molecule has 2 aromatic heterocycles. The molecule has 66 heavy (non-hydrogen) atoms. The third kappa shape index (κ3) is 9.37. The van der Waals surface area contributed by atoms with Crippen LogP contribution in [0.4, 0.5) is 30.5 Å². The summed E-state index contributed by atoms with van der Waals surface area (Å²) < 4.78 is 80.1. The van der Waals surface area contributed by atoms with E-state index in [9.17, 15) is 32.5 Å². The summed E-state index contributed by atoms with van der Waals surface area (Å²) in [6.07, 6.45) is 3.73. The van der Waals surface area contributed by atoms with E-state index in [1.807, 2.05) is 4.90 Å². The Bertz CT molecular complexity index is 2890. The number of ether oxygens (including phenoxy) is 1. The maximum Gasteiger partial charge on any atom is 0.301 e. The van der Waals surface area contributed by atoms with Crippen molar-refractivity contribution in [2.45, 2.75) is 31.4 Å². The zero-order valence-corrected chi connectivity index (χ0v) is 36.4. The molecule has 2 N–H and O–H groups in total. The summed E-state index contributed by atoms with van der Waals surface area (Å²) in [5, 5.41) is 12.4. The first-order chi connectivity index (χ1) is 31.8. The average Bonchev–Trinajstić information content (AvgIpc) is 3.77. The van der Waals surface area contributed by atoms with Crippen molar-refractivity contribution < 1.29 is 35.9 Å². The predicted molar refractivity (Wildman–Crippen MR) is 237 cm³/mol. The van der Waals surface area contributed by atoms with Gasteiger partial charge in [0, 0.05) is 85.0 Å². The van der Waals surface area contributed by atoms with E-state index in [1.54, 1.807) is 18.2 Å². The normalized spacial score (nSPS) is 20.1. The van der Waals surface area contributed by atoms with Gasteiger partial charge in [-0.25, -0.2) is 28.1 Å². The Morgan fingerprint density at radius 3 is 2.20 bits per heavy atom. The van der Waals surface area contributed by atoms with Crippen molar-refractivity contribution in [2.75, 3.05) is 93.1 Å². The van der Waals surface area contributed by atoms with Crippen molar-refractivity contribution in [1.29, 1.82) is 5.26 Å². The summed E-state index contributed by atoms with van der Waals surface area (Å²) in [6, 6.07) is 13.0. The molecule has 2 atom stereocenters. The van der Waals surface area contributed by atoms with E-state index in [0.29, 0.717) is 61.0 Å². The van der Waals surface area contributed by atoms with Gasteiger partial charge in [0.1, 0.15) is 35.7 Å². The summed E-state index contributed by atoms with van der Waals surface area (Å²) in [5.74, 6) is -2.62. The fourth-order valence-corrected chi connectivity index (χ4v) is 9.99. The van der Waals surface area contributed by atoms with Gasteiger partial charge in [-0.1, -0.05) is 6.07 Å². The number of aromatic nitrogens is 4. The zero-order valence-electron chi connectivity index (χ0n) is 35.6. The van der Waals surface area contributed by atoms with Crippen LogP contribution in [-0.4, -0.2) is 139 Å². The number of hydrogen-bond donors (Lipinski definition) is 2. The minimum atomic E-state index is -4.25. The van der Waals surface area contributed by atoms with Gasteiger partial charge in [-0.05, 0) is 60.9 Å². The molecule has 5 aromatic rings. The van der Waals surface area contributed by atoms with E-state index < -0.39 is 45.0 Å². The summed E-state index contributed by atoms with van der Waals surface area (Å²) in [5.41, 5.74) is 0.552. The number of anilines is 3. The molecule has 0 radical (unpaired) electrons. The predicted octanol–water partition coefficient (Wildman–Crippen LogP) is 3.28. The summed E-state index contributed by atoms with van der Waals surface area (Å²) in [6.45, 7) is 7.26. The lowest BCUT2D eigenvalue weighted by molar-refractivity contribution is -0.134. The van der Waals surface area contributed by atoms with Gasteiger partial charge in [-0.2, -0.15) is 18.0 Å². The quantitative estimate of drug-likeness (QED) is 0.173. The largest absolute Gasteiger partial charge is 0.453 e. The van der Waals surface area contributed by atoms with Crippen LogP contribution in [-0.2, 0) is 19.8 Å². The van der Waals surface area contributed by atoms with Crippen LogP contribution in [0.15, 0.2) is 72.0 Å². The zero-order chi connectivity index (χ0) is 46.1. The number of piperazine rings is 2. The van der Waals surface area contributed by atoms with Crippen molar-refractivity contribution >= 4 is 50.2 Å². The minimum Gasteiger partial charge on any atom is -0.453 e. The highest BCUT2D eigenvalue weighted by Gasteiger charge is 2.33. The second-order valence-corrected chi connectivity index (χ2v) is 18.2. The molecule has 0 spiro atoms. The molecule has 0 saturated carbocycles. The molecule has 6 heterocycles. The van der Waals surface area contributed by atoms with Gasteiger partial charge in [0.15, 0.2) is 11.6 Å². The number of halogens is 3. The average molecular weight is 927 g/mol. The third-order valence-corrected chi connectivity index (χ3v) is 13.9. The van der Waals surface area contributed by atoms with Crippen LogP contribution >= 0.6 is 0 Å². The number of rotatable bonds is 12. The number of amides is 2. The van der Waals surface area contributed by atoms with Crippen LogP contribution in [0.1, 0.15) is 36.3 Å². The highest BCUT2D eigenvalue weighted by molar-refractivity contribution is 7.90. The molecule has 4 saturated heterocycles. The van der Waals surface area contributed by atoms with E-state index in [4.69, 9.17) is 4.74 Å². The van der Waals surface area contributed by atoms with E-state index >= 15 is 8.78 Å². The van der Waals surface area contributed by atoms with Crippen LogP contribution in [0.5, 0.6) is 11.5 Å². The standard InChI is InChI=1S/C44H45F3N12O6S/c45-29-9-10-58(26-29)66(63,64)53-38-6-4-35(46)41(34(38)23-48)65-31-2-5-37-33(22-31)43(62)59(27-51-37)30-24-49-44(50-25-30)57-19-15-55(16-20-57)12-11-54-13-17-56(18-14-54)39-7-1-28(21-36(39)47)32-3-8-40(60)52-42(32)61/h1-2,4-7,21-22,24-25,27,29,32,53H,3,8-20,26H2,(H,52,60,61)/t29-,32?/m1/s1. The Hall–Kier alpha value is -6.67. The molecule has 3 aromatic carbocycles. The molecular formula is C44H45F3N12O6S. The highest BCUT2D eigenvalue weighted by atomic mass is 32.2. The van der Waals surface area contributed by atoms with Crippen molar-refractivity contribution in [3.63, 3.8) is 0 Å². The number of imide groups is 1. The van der Waals surface area contributed by atoms with Crippen LogP contribution in [0.3, 0.4) is 0 Å². The minimum absolute atomic E-state index is 0.0212. The molecule has 4 aliphatic heterocycles. The molecule has 0 aliphatic carbocycles. The number of nitrogens with zero attached hydrogens (tertiary/aromatic N) is 10. The Balaban J connectivity index is 0.779. The number of hydrogen-bond acceptors (Lipinski definition) is 14. The Labute approximate surface area is 377 Å². The molecule has 2 amide bonds. The third-order valence-electron chi connectivity index (χ3n) is 12.5. The first kappa shape index (κ1) is 44.5. The first-order valence-electron chi connectivity index (χ1n) is 21.6. The maximum absolute atomic E-state index is 15.2. The Morgan fingerprint density at radius 1 is 0.833 bits per heavy atom. The summed E-state index contributed by atoms with van der Waals surface area (Å²) in [7, 11) is -4.25. The van der Waals surface area contributed by atoms with Crippen LogP contribution in [0.2, 0.25) is 0 Å². The van der Waals surface area contributed by atoms with Gasteiger partial charge in [-0.3, -0.25) is 38.8 Å². The number of alkyl halides is 1. The number of nitrogens with one attached hydrogen (secondary N) is 2. The van der Waals surface area contributed by atoms with Crippen molar-refractivity contribution in [2.24, 2.45) is 0 Å². The molecule has 9 rings (SSSR count). The van der Waals surface area contributed by atoms with Gasteiger partial charge in [0.05, 0.1) is 46.3 Å². The molecular weight excluding hydrogens is 882 g/mol.